The summed E-state index contributed by atoms with van der Waals surface area (Å²) in [7, 11) is 2.00. The van der Waals surface area contributed by atoms with Gasteiger partial charge >= 0.3 is 0 Å². The van der Waals surface area contributed by atoms with Crippen molar-refractivity contribution in [3.63, 3.8) is 0 Å². The van der Waals surface area contributed by atoms with E-state index in [9.17, 15) is 0 Å². The SMILES string of the molecule is Cc1nn(C)c(C)c1CCCN=C(NCCSc1ccccc1)NCCc1ccco1.I. The molecule has 0 radical (unpaired) electrons. The molecule has 2 heterocycles. The number of aliphatic imine (C=N–C) groups is 1. The highest BCUT2D eigenvalue weighted by molar-refractivity contribution is 14.0. The fraction of sp³-hybridized carbons (Fsp3) is 0.417. The lowest BCUT2D eigenvalue weighted by molar-refractivity contribution is 0.507. The second-order valence-corrected chi connectivity index (χ2v) is 8.62. The van der Waals surface area contributed by atoms with E-state index >= 15 is 0 Å². The molecular formula is C24H34IN5OS. The third-order valence-electron chi connectivity index (χ3n) is 5.16. The minimum absolute atomic E-state index is 0. The van der Waals surface area contributed by atoms with Crippen molar-refractivity contribution in [3.05, 3.63) is 71.4 Å². The van der Waals surface area contributed by atoms with Gasteiger partial charge in [-0.1, -0.05) is 18.2 Å². The van der Waals surface area contributed by atoms with Crippen LogP contribution in [0.2, 0.25) is 0 Å². The Morgan fingerprint density at radius 2 is 1.84 bits per heavy atom. The predicted molar refractivity (Wildman–Crippen MR) is 144 cm³/mol. The van der Waals surface area contributed by atoms with E-state index in [-0.39, 0.29) is 24.0 Å². The van der Waals surface area contributed by atoms with Gasteiger partial charge in [-0.15, -0.1) is 35.7 Å². The van der Waals surface area contributed by atoms with Crippen LogP contribution < -0.4 is 10.6 Å². The van der Waals surface area contributed by atoms with Crippen LogP contribution in [0.3, 0.4) is 0 Å². The Bertz CT molecular complexity index is 941. The van der Waals surface area contributed by atoms with Crippen LogP contribution in [0.15, 0.2) is 63.0 Å². The third-order valence-corrected chi connectivity index (χ3v) is 6.18. The van der Waals surface area contributed by atoms with Crippen LogP contribution in [0.5, 0.6) is 0 Å². The lowest BCUT2D eigenvalue weighted by Crippen LogP contribution is -2.39. The zero-order valence-corrected chi connectivity index (χ0v) is 22.3. The minimum atomic E-state index is 0. The summed E-state index contributed by atoms with van der Waals surface area (Å²) in [4.78, 5) is 6.08. The summed E-state index contributed by atoms with van der Waals surface area (Å²) in [6, 6.07) is 14.4. The lowest BCUT2D eigenvalue weighted by atomic mass is 10.1. The van der Waals surface area contributed by atoms with E-state index in [1.54, 1.807) is 6.26 Å². The van der Waals surface area contributed by atoms with Crippen molar-refractivity contribution >= 4 is 41.7 Å². The summed E-state index contributed by atoms with van der Waals surface area (Å²) in [5.74, 6) is 2.82. The Balaban J connectivity index is 0.00000363. The summed E-state index contributed by atoms with van der Waals surface area (Å²) < 4.78 is 7.38. The van der Waals surface area contributed by atoms with E-state index in [0.29, 0.717) is 0 Å². The molecule has 32 heavy (non-hydrogen) atoms. The molecule has 0 aliphatic heterocycles. The van der Waals surface area contributed by atoms with Crippen molar-refractivity contribution in [2.75, 3.05) is 25.4 Å². The summed E-state index contributed by atoms with van der Waals surface area (Å²) in [5, 5.41) is 11.4. The van der Waals surface area contributed by atoms with Crippen LogP contribution in [0.1, 0.15) is 29.1 Å². The normalized spacial score (nSPS) is 11.3. The summed E-state index contributed by atoms with van der Waals surface area (Å²) in [5.41, 5.74) is 3.71. The Morgan fingerprint density at radius 1 is 1.06 bits per heavy atom. The molecule has 0 atom stereocenters. The summed E-state index contributed by atoms with van der Waals surface area (Å²) in [6.45, 7) is 6.63. The smallest absolute Gasteiger partial charge is 0.191 e. The summed E-state index contributed by atoms with van der Waals surface area (Å²) >= 11 is 1.85. The topological polar surface area (TPSA) is 67.4 Å². The lowest BCUT2D eigenvalue weighted by Gasteiger charge is -2.12. The van der Waals surface area contributed by atoms with Gasteiger partial charge in [0.25, 0.3) is 0 Å². The molecule has 0 fully saturated rings. The zero-order valence-electron chi connectivity index (χ0n) is 19.1. The van der Waals surface area contributed by atoms with Crippen LogP contribution >= 0.6 is 35.7 Å². The van der Waals surface area contributed by atoms with Gasteiger partial charge in [0, 0.05) is 49.4 Å². The van der Waals surface area contributed by atoms with Crippen LogP contribution in [-0.4, -0.2) is 41.1 Å². The highest BCUT2D eigenvalue weighted by Gasteiger charge is 2.08. The molecule has 0 aliphatic rings. The molecular weight excluding hydrogens is 533 g/mol. The standard InChI is InChI=1S/C24H33N5OS.HI/c1-19-23(20(2)29(3)28-19)12-7-14-25-24(26-15-13-21-9-8-17-30-21)27-16-18-31-22-10-5-4-6-11-22;/h4-6,8-11,17H,7,12-16,18H2,1-3H3,(H2,25,26,27);1H. The first-order valence-electron chi connectivity index (χ1n) is 10.8. The average Bonchev–Trinajstić information content (AvgIpc) is 3.37. The molecule has 8 heteroatoms. The fourth-order valence-corrected chi connectivity index (χ4v) is 4.20. The Morgan fingerprint density at radius 3 is 2.53 bits per heavy atom. The Labute approximate surface area is 212 Å². The van der Waals surface area contributed by atoms with Crippen molar-refractivity contribution in [1.29, 1.82) is 0 Å². The maximum atomic E-state index is 5.42. The van der Waals surface area contributed by atoms with Gasteiger partial charge in [0.2, 0.25) is 0 Å². The molecule has 3 rings (SSSR count). The van der Waals surface area contributed by atoms with Gasteiger partial charge < -0.3 is 15.1 Å². The second kappa shape index (κ2) is 14.3. The monoisotopic (exact) mass is 567 g/mol. The predicted octanol–water partition coefficient (Wildman–Crippen LogP) is 4.75. The number of nitrogens with zero attached hydrogens (tertiary/aromatic N) is 3. The number of hydrogen-bond donors (Lipinski definition) is 2. The van der Waals surface area contributed by atoms with E-state index in [1.807, 2.05) is 41.7 Å². The van der Waals surface area contributed by atoms with Gasteiger partial charge in [-0.3, -0.25) is 9.67 Å². The van der Waals surface area contributed by atoms with E-state index in [2.05, 4.69) is 53.8 Å². The zero-order chi connectivity index (χ0) is 21.9. The molecule has 6 nitrogen and oxygen atoms in total. The van der Waals surface area contributed by atoms with Crippen LogP contribution in [0, 0.1) is 13.8 Å². The van der Waals surface area contributed by atoms with Gasteiger partial charge in [-0.25, -0.2) is 0 Å². The van der Waals surface area contributed by atoms with Crippen LogP contribution in [0.25, 0.3) is 0 Å². The highest BCUT2D eigenvalue weighted by atomic mass is 127. The molecule has 0 unspecified atom stereocenters. The van der Waals surface area contributed by atoms with Gasteiger partial charge in [-0.2, -0.15) is 5.10 Å². The van der Waals surface area contributed by atoms with E-state index < -0.39 is 0 Å². The van der Waals surface area contributed by atoms with E-state index in [1.165, 1.54) is 16.2 Å². The van der Waals surface area contributed by atoms with Crippen LogP contribution in [0.4, 0.5) is 0 Å². The number of thioether (sulfide) groups is 1. The number of rotatable bonds is 11. The van der Waals surface area contributed by atoms with Gasteiger partial charge in [0.1, 0.15) is 5.76 Å². The first-order valence-corrected chi connectivity index (χ1v) is 11.8. The number of nitrogens with one attached hydrogen (secondary N) is 2. The molecule has 174 valence electrons. The molecule has 3 aromatic rings. The molecule has 0 amide bonds. The van der Waals surface area contributed by atoms with Gasteiger partial charge in [0.15, 0.2) is 5.96 Å². The van der Waals surface area contributed by atoms with Crippen LogP contribution in [-0.2, 0) is 19.9 Å². The number of guanidine groups is 1. The first kappa shape index (κ1) is 26.3. The van der Waals surface area contributed by atoms with Crippen molar-refractivity contribution in [2.45, 2.75) is 38.0 Å². The molecule has 0 spiro atoms. The van der Waals surface area contributed by atoms with E-state index in [0.717, 1.165) is 62.1 Å². The molecule has 0 saturated carbocycles. The number of hydrogen-bond acceptors (Lipinski definition) is 4. The molecule has 2 aromatic heterocycles. The Hall–Kier alpha value is -1.94. The minimum Gasteiger partial charge on any atom is -0.469 e. The number of aryl methyl sites for hydroxylation is 2. The molecule has 2 N–H and O–H groups in total. The largest absolute Gasteiger partial charge is 0.469 e. The second-order valence-electron chi connectivity index (χ2n) is 7.45. The number of furan rings is 1. The maximum Gasteiger partial charge on any atom is 0.191 e. The number of aromatic nitrogens is 2. The molecule has 0 saturated heterocycles. The van der Waals surface area contributed by atoms with Gasteiger partial charge in [-0.05, 0) is 56.5 Å². The number of halogens is 1. The average molecular weight is 568 g/mol. The van der Waals surface area contributed by atoms with Gasteiger partial charge in [0.05, 0.1) is 12.0 Å². The molecule has 0 aliphatic carbocycles. The molecule has 1 aromatic carbocycles. The Kier molecular flexibility index (Phi) is 11.7. The van der Waals surface area contributed by atoms with Crippen molar-refractivity contribution < 1.29 is 4.42 Å². The molecule has 0 bridgehead atoms. The van der Waals surface area contributed by atoms with Crippen molar-refractivity contribution in [1.82, 2.24) is 20.4 Å². The van der Waals surface area contributed by atoms with E-state index in [4.69, 9.17) is 9.41 Å². The highest BCUT2D eigenvalue weighted by Crippen LogP contribution is 2.16. The van der Waals surface area contributed by atoms with Crippen molar-refractivity contribution in [2.24, 2.45) is 12.0 Å². The first-order chi connectivity index (χ1) is 15.1. The quantitative estimate of drug-likeness (QED) is 0.115. The fourth-order valence-electron chi connectivity index (χ4n) is 3.41. The van der Waals surface area contributed by atoms with Crippen molar-refractivity contribution in [3.8, 4) is 0 Å². The number of benzene rings is 1. The maximum absolute atomic E-state index is 5.42. The third kappa shape index (κ3) is 8.54. The summed E-state index contributed by atoms with van der Waals surface area (Å²) in [6.07, 6.45) is 4.54.